The minimum atomic E-state index is -0.356. The van der Waals surface area contributed by atoms with Crippen LogP contribution in [-0.2, 0) is 24.2 Å². The number of ketones is 1. The standard InChI is InChI=1S/C18H18FN3O2/c1-24-17-4-2-3-16(19)14(17)6-5-13(23)8-12-7-11-9-22-18(20)15(11)10-21-12/h2-4,7,10H,5-6,8-9H2,1H3,(H2,20,22). The second kappa shape index (κ2) is 6.78. The van der Waals surface area contributed by atoms with Crippen LogP contribution in [0.4, 0.5) is 4.39 Å². The van der Waals surface area contributed by atoms with E-state index in [1.165, 1.54) is 13.2 Å². The maximum Gasteiger partial charge on any atom is 0.139 e. The molecule has 0 unspecified atom stereocenters. The molecule has 24 heavy (non-hydrogen) atoms. The zero-order chi connectivity index (χ0) is 17.1. The summed E-state index contributed by atoms with van der Waals surface area (Å²) in [5.74, 6) is 0.596. The van der Waals surface area contributed by atoms with Gasteiger partial charge in [-0.2, -0.15) is 0 Å². The third kappa shape index (κ3) is 3.27. The Balaban J connectivity index is 1.63. The second-order valence-corrected chi connectivity index (χ2v) is 5.67. The third-order valence-corrected chi connectivity index (χ3v) is 4.07. The van der Waals surface area contributed by atoms with Crippen molar-refractivity contribution < 1.29 is 13.9 Å². The van der Waals surface area contributed by atoms with Gasteiger partial charge < -0.3 is 10.5 Å². The molecule has 3 rings (SSSR count). The van der Waals surface area contributed by atoms with Crippen LogP contribution in [0.5, 0.6) is 5.75 Å². The molecule has 0 fully saturated rings. The van der Waals surface area contributed by atoms with Crippen LogP contribution in [-0.4, -0.2) is 23.7 Å². The number of nitrogens with two attached hydrogens (primary N) is 1. The van der Waals surface area contributed by atoms with E-state index in [4.69, 9.17) is 10.5 Å². The van der Waals surface area contributed by atoms with E-state index >= 15 is 0 Å². The quantitative estimate of drug-likeness (QED) is 0.882. The number of ether oxygens (including phenoxy) is 1. The Morgan fingerprint density at radius 1 is 1.42 bits per heavy atom. The van der Waals surface area contributed by atoms with Crippen LogP contribution >= 0.6 is 0 Å². The molecule has 0 radical (unpaired) electrons. The maximum absolute atomic E-state index is 13.9. The Morgan fingerprint density at radius 2 is 2.25 bits per heavy atom. The Morgan fingerprint density at radius 3 is 3.04 bits per heavy atom. The van der Waals surface area contributed by atoms with Gasteiger partial charge in [0.05, 0.1) is 13.7 Å². The minimum Gasteiger partial charge on any atom is -0.496 e. The summed E-state index contributed by atoms with van der Waals surface area (Å²) in [6, 6.07) is 6.51. The van der Waals surface area contributed by atoms with Crippen molar-refractivity contribution in [2.75, 3.05) is 7.11 Å². The summed E-state index contributed by atoms with van der Waals surface area (Å²) in [4.78, 5) is 20.6. The van der Waals surface area contributed by atoms with Gasteiger partial charge in [-0.3, -0.25) is 14.8 Å². The number of hydrogen-bond acceptors (Lipinski definition) is 5. The zero-order valence-electron chi connectivity index (χ0n) is 13.4. The molecule has 1 aliphatic rings. The highest BCUT2D eigenvalue weighted by Gasteiger charge is 2.16. The first-order chi connectivity index (χ1) is 11.6. The number of Topliss-reactive ketones (excluding diaryl/α,β-unsaturated/α-hetero) is 1. The second-order valence-electron chi connectivity index (χ2n) is 5.67. The summed E-state index contributed by atoms with van der Waals surface area (Å²) in [6.07, 6.45) is 2.40. The molecular formula is C18H18FN3O2. The van der Waals surface area contributed by atoms with E-state index in [0.717, 1.165) is 11.1 Å². The molecule has 124 valence electrons. The highest BCUT2D eigenvalue weighted by atomic mass is 19.1. The van der Waals surface area contributed by atoms with Crippen LogP contribution in [0.3, 0.4) is 0 Å². The first-order valence-electron chi connectivity index (χ1n) is 7.69. The summed E-state index contributed by atoms with van der Waals surface area (Å²) in [6.45, 7) is 0.525. The number of carbonyl (C=O) groups excluding carboxylic acids is 1. The lowest BCUT2D eigenvalue weighted by molar-refractivity contribution is -0.118. The van der Waals surface area contributed by atoms with Crippen LogP contribution in [0, 0.1) is 5.82 Å². The Bertz CT molecular complexity index is 818. The summed E-state index contributed by atoms with van der Waals surface area (Å²) in [5, 5.41) is 0. The lowest BCUT2D eigenvalue weighted by Gasteiger charge is -2.09. The zero-order valence-corrected chi connectivity index (χ0v) is 13.4. The number of halogens is 1. The summed E-state index contributed by atoms with van der Waals surface area (Å²) >= 11 is 0. The van der Waals surface area contributed by atoms with E-state index in [0.29, 0.717) is 35.8 Å². The molecule has 0 bridgehead atoms. The number of benzene rings is 1. The van der Waals surface area contributed by atoms with Gasteiger partial charge in [0.15, 0.2) is 0 Å². The van der Waals surface area contributed by atoms with E-state index in [-0.39, 0.29) is 24.4 Å². The van der Waals surface area contributed by atoms with Gasteiger partial charge in [-0.1, -0.05) is 6.07 Å². The minimum absolute atomic E-state index is 0.000330. The number of pyridine rings is 1. The van der Waals surface area contributed by atoms with Gasteiger partial charge in [-0.05, 0) is 30.2 Å². The van der Waals surface area contributed by atoms with Gasteiger partial charge in [0.25, 0.3) is 0 Å². The average Bonchev–Trinajstić information content (AvgIpc) is 2.94. The molecule has 1 aromatic carbocycles. The number of nitrogens with zero attached hydrogens (tertiary/aromatic N) is 2. The largest absolute Gasteiger partial charge is 0.496 e. The molecule has 0 saturated heterocycles. The monoisotopic (exact) mass is 327 g/mol. The van der Waals surface area contributed by atoms with E-state index in [9.17, 15) is 9.18 Å². The predicted octanol–water partition coefficient (Wildman–Crippen LogP) is 2.19. The third-order valence-electron chi connectivity index (χ3n) is 4.07. The molecule has 5 nitrogen and oxygen atoms in total. The Hall–Kier alpha value is -2.76. The fourth-order valence-corrected chi connectivity index (χ4v) is 2.79. The smallest absolute Gasteiger partial charge is 0.139 e. The van der Waals surface area contributed by atoms with Gasteiger partial charge in [0.1, 0.15) is 23.2 Å². The first-order valence-corrected chi connectivity index (χ1v) is 7.69. The Kier molecular flexibility index (Phi) is 4.55. The molecular weight excluding hydrogens is 309 g/mol. The van der Waals surface area contributed by atoms with Crippen molar-refractivity contribution in [3.8, 4) is 5.75 Å². The van der Waals surface area contributed by atoms with Crippen molar-refractivity contribution in [1.82, 2.24) is 4.98 Å². The molecule has 0 amide bonds. The molecule has 1 aliphatic heterocycles. The van der Waals surface area contributed by atoms with E-state index < -0.39 is 0 Å². The lowest BCUT2D eigenvalue weighted by atomic mass is 10.0. The molecule has 0 atom stereocenters. The van der Waals surface area contributed by atoms with Gasteiger partial charge in [-0.15, -0.1) is 0 Å². The van der Waals surface area contributed by atoms with E-state index in [1.807, 2.05) is 6.07 Å². The first kappa shape index (κ1) is 16.1. The number of amidine groups is 1. The predicted molar refractivity (Wildman–Crippen MR) is 88.6 cm³/mol. The number of methoxy groups -OCH3 is 1. The summed E-state index contributed by atoms with van der Waals surface area (Å²) < 4.78 is 19.0. The number of fused-ring (bicyclic) bond motifs is 1. The lowest BCUT2D eigenvalue weighted by Crippen LogP contribution is -2.12. The number of aliphatic imine (C=N–C) groups is 1. The van der Waals surface area contributed by atoms with Gasteiger partial charge in [0, 0.05) is 35.9 Å². The topological polar surface area (TPSA) is 77.6 Å². The number of rotatable bonds is 6. The van der Waals surface area contributed by atoms with Gasteiger partial charge in [-0.25, -0.2) is 4.39 Å². The molecule has 2 aromatic rings. The van der Waals surface area contributed by atoms with Crippen LogP contribution in [0.25, 0.3) is 0 Å². The fraction of sp³-hybridized carbons (Fsp3) is 0.278. The van der Waals surface area contributed by atoms with Crippen molar-refractivity contribution in [3.63, 3.8) is 0 Å². The van der Waals surface area contributed by atoms with Gasteiger partial charge >= 0.3 is 0 Å². The molecule has 6 heteroatoms. The van der Waals surface area contributed by atoms with E-state index in [1.54, 1.807) is 18.3 Å². The Labute approximate surface area is 139 Å². The summed E-state index contributed by atoms with van der Waals surface area (Å²) in [5.41, 5.74) is 8.68. The molecule has 0 saturated carbocycles. The van der Waals surface area contributed by atoms with Crippen LogP contribution in [0.15, 0.2) is 35.5 Å². The molecule has 2 N–H and O–H groups in total. The molecule has 2 heterocycles. The molecule has 0 aliphatic carbocycles. The van der Waals surface area contributed by atoms with Crippen molar-refractivity contribution in [1.29, 1.82) is 0 Å². The summed E-state index contributed by atoms with van der Waals surface area (Å²) in [7, 11) is 1.49. The highest BCUT2D eigenvalue weighted by molar-refractivity contribution is 6.00. The molecule has 1 aromatic heterocycles. The van der Waals surface area contributed by atoms with E-state index in [2.05, 4.69) is 9.98 Å². The van der Waals surface area contributed by atoms with Crippen LogP contribution in [0.2, 0.25) is 0 Å². The van der Waals surface area contributed by atoms with Crippen LogP contribution in [0.1, 0.15) is 28.8 Å². The number of hydrogen-bond donors (Lipinski definition) is 1. The van der Waals surface area contributed by atoms with Gasteiger partial charge in [0.2, 0.25) is 0 Å². The van der Waals surface area contributed by atoms with Crippen molar-refractivity contribution in [2.45, 2.75) is 25.8 Å². The van der Waals surface area contributed by atoms with Crippen molar-refractivity contribution >= 4 is 11.6 Å². The van der Waals surface area contributed by atoms with Crippen LogP contribution < -0.4 is 10.5 Å². The maximum atomic E-state index is 13.9. The number of carbonyl (C=O) groups is 1. The highest BCUT2D eigenvalue weighted by Crippen LogP contribution is 2.23. The SMILES string of the molecule is COc1cccc(F)c1CCC(=O)Cc1cc2c(cn1)C(N)=NC2. The normalized spacial score (nSPS) is 12.7. The van der Waals surface area contributed by atoms with Crippen molar-refractivity contribution in [2.24, 2.45) is 10.7 Å². The fourth-order valence-electron chi connectivity index (χ4n) is 2.79. The van der Waals surface area contributed by atoms with Crippen molar-refractivity contribution in [3.05, 3.63) is 58.7 Å². The molecule has 0 spiro atoms. The average molecular weight is 327 g/mol. The number of aromatic nitrogens is 1.